The van der Waals surface area contributed by atoms with Gasteiger partial charge < -0.3 is 10.6 Å². The molecule has 0 amide bonds. The number of benzene rings is 1. The van der Waals surface area contributed by atoms with Crippen LogP contribution in [0.3, 0.4) is 0 Å². The van der Waals surface area contributed by atoms with Crippen LogP contribution in [0.4, 0.5) is 14.5 Å². The van der Waals surface area contributed by atoms with Crippen LogP contribution in [0.25, 0.3) is 0 Å². The molecule has 0 saturated carbocycles. The number of anilines is 1. The first-order valence-electron chi connectivity index (χ1n) is 5.50. The van der Waals surface area contributed by atoms with E-state index in [1.807, 2.05) is 16.8 Å². The van der Waals surface area contributed by atoms with Crippen molar-refractivity contribution in [3.8, 4) is 0 Å². The van der Waals surface area contributed by atoms with Gasteiger partial charge in [-0.1, -0.05) is 12.2 Å². The molecule has 19 heavy (non-hydrogen) atoms. The van der Waals surface area contributed by atoms with Crippen molar-refractivity contribution in [3.63, 3.8) is 0 Å². The molecule has 0 atom stereocenters. The van der Waals surface area contributed by atoms with Gasteiger partial charge in [0, 0.05) is 19.2 Å². The lowest BCUT2D eigenvalue weighted by atomic mass is 10.1. The molecule has 6 heteroatoms. The predicted molar refractivity (Wildman–Crippen MR) is 78.7 cm³/mol. The molecule has 0 spiro atoms. The van der Waals surface area contributed by atoms with Crippen LogP contribution in [0.1, 0.15) is 11.1 Å². The molecule has 0 saturated heterocycles. The van der Waals surface area contributed by atoms with Crippen LogP contribution in [0, 0.1) is 11.6 Å². The summed E-state index contributed by atoms with van der Waals surface area (Å²) < 4.78 is 27.9. The van der Waals surface area contributed by atoms with Crippen molar-refractivity contribution in [2.24, 2.45) is 5.73 Å². The first-order valence-corrected chi connectivity index (χ1v) is 6.85. The van der Waals surface area contributed by atoms with Gasteiger partial charge in [-0.25, -0.2) is 8.78 Å². The minimum absolute atomic E-state index is 0.0233. The highest BCUT2D eigenvalue weighted by Crippen LogP contribution is 2.25. The third kappa shape index (κ3) is 3.08. The second-order valence-electron chi connectivity index (χ2n) is 4.14. The average molecular weight is 298 g/mol. The van der Waals surface area contributed by atoms with Gasteiger partial charge in [0.1, 0.15) is 22.3 Å². The van der Waals surface area contributed by atoms with Crippen molar-refractivity contribution in [2.75, 3.05) is 11.9 Å². The molecule has 0 bridgehead atoms. The lowest BCUT2D eigenvalue weighted by molar-refractivity contribution is 0.576. The van der Waals surface area contributed by atoms with Crippen molar-refractivity contribution < 1.29 is 8.78 Å². The molecule has 0 radical (unpaired) electrons. The molecule has 1 heterocycles. The Labute approximate surface area is 119 Å². The van der Waals surface area contributed by atoms with Crippen molar-refractivity contribution in [1.29, 1.82) is 0 Å². The first-order chi connectivity index (χ1) is 8.99. The lowest BCUT2D eigenvalue weighted by Crippen LogP contribution is -2.20. The molecule has 2 N–H and O–H groups in total. The predicted octanol–water partition coefficient (Wildman–Crippen LogP) is 3.30. The molecule has 2 nitrogen and oxygen atoms in total. The Morgan fingerprint density at radius 3 is 2.47 bits per heavy atom. The zero-order chi connectivity index (χ0) is 14.0. The summed E-state index contributed by atoms with van der Waals surface area (Å²) in [4.78, 5) is 1.50. The number of thiophene rings is 1. The van der Waals surface area contributed by atoms with Crippen molar-refractivity contribution in [1.82, 2.24) is 0 Å². The Hall–Kier alpha value is -1.53. The summed E-state index contributed by atoms with van der Waals surface area (Å²) in [5.41, 5.74) is 6.49. The van der Waals surface area contributed by atoms with E-state index in [0.717, 1.165) is 17.7 Å². The van der Waals surface area contributed by atoms with E-state index < -0.39 is 11.6 Å². The Bertz CT molecular complexity index is 574. The highest BCUT2D eigenvalue weighted by Gasteiger charge is 2.16. The molecule has 100 valence electrons. The van der Waals surface area contributed by atoms with E-state index in [9.17, 15) is 8.78 Å². The summed E-state index contributed by atoms with van der Waals surface area (Å²) in [6.07, 6.45) is 0. The maximum atomic E-state index is 14.0. The van der Waals surface area contributed by atoms with Crippen LogP contribution < -0.4 is 10.6 Å². The number of halogens is 2. The number of hydrogen-bond acceptors (Lipinski definition) is 3. The van der Waals surface area contributed by atoms with Gasteiger partial charge in [-0.2, -0.15) is 11.3 Å². The van der Waals surface area contributed by atoms with Gasteiger partial charge in [-0.05, 0) is 34.5 Å². The highest BCUT2D eigenvalue weighted by atomic mass is 32.1. The third-order valence-corrected chi connectivity index (χ3v) is 3.65. The van der Waals surface area contributed by atoms with Gasteiger partial charge in [0.2, 0.25) is 0 Å². The number of rotatable bonds is 4. The lowest BCUT2D eigenvalue weighted by Gasteiger charge is -2.20. The monoisotopic (exact) mass is 298 g/mol. The zero-order valence-electron chi connectivity index (χ0n) is 10.2. The van der Waals surface area contributed by atoms with Crippen molar-refractivity contribution in [3.05, 3.63) is 51.7 Å². The fourth-order valence-electron chi connectivity index (χ4n) is 1.81. The Morgan fingerprint density at radius 1 is 1.37 bits per heavy atom. The van der Waals surface area contributed by atoms with E-state index in [-0.39, 0.29) is 16.2 Å². The Kier molecular flexibility index (Phi) is 4.11. The molecule has 0 unspecified atom stereocenters. The van der Waals surface area contributed by atoms with E-state index in [2.05, 4.69) is 0 Å². The van der Waals surface area contributed by atoms with E-state index in [1.165, 1.54) is 4.90 Å². The Balaban J connectivity index is 2.31. The molecular weight excluding hydrogens is 286 g/mol. The zero-order valence-corrected chi connectivity index (χ0v) is 11.8. The molecule has 0 aliphatic carbocycles. The van der Waals surface area contributed by atoms with Crippen molar-refractivity contribution in [2.45, 2.75) is 6.54 Å². The largest absolute Gasteiger partial charge is 0.389 e. The van der Waals surface area contributed by atoms with Crippen LogP contribution in [0.5, 0.6) is 0 Å². The number of nitrogens with zero attached hydrogens (tertiary/aromatic N) is 1. The second kappa shape index (κ2) is 5.63. The van der Waals surface area contributed by atoms with Crippen LogP contribution in [0.15, 0.2) is 29.0 Å². The van der Waals surface area contributed by atoms with Gasteiger partial charge in [-0.3, -0.25) is 0 Å². The van der Waals surface area contributed by atoms with Crippen LogP contribution in [-0.4, -0.2) is 12.0 Å². The first kappa shape index (κ1) is 13.9. The number of thiocarbonyl (C=S) groups is 1. The molecule has 1 aromatic carbocycles. The maximum absolute atomic E-state index is 14.0. The van der Waals surface area contributed by atoms with Crippen LogP contribution >= 0.6 is 23.6 Å². The van der Waals surface area contributed by atoms with Gasteiger partial charge in [0.05, 0.1) is 0 Å². The SMILES string of the molecule is CN(Cc1ccsc1)c1c(F)cc(C(N)=S)cc1F. The average Bonchev–Trinajstić information content (AvgIpc) is 2.80. The summed E-state index contributed by atoms with van der Waals surface area (Å²) in [6.45, 7) is 0.434. The molecule has 2 aromatic rings. The minimum Gasteiger partial charge on any atom is -0.389 e. The second-order valence-corrected chi connectivity index (χ2v) is 5.36. The van der Waals surface area contributed by atoms with Crippen LogP contribution in [0.2, 0.25) is 0 Å². The molecule has 0 aliphatic heterocycles. The molecule has 1 aromatic heterocycles. The van der Waals surface area contributed by atoms with Crippen molar-refractivity contribution >= 4 is 34.2 Å². The quantitative estimate of drug-likeness (QED) is 0.878. The van der Waals surface area contributed by atoms with E-state index in [1.54, 1.807) is 18.4 Å². The summed E-state index contributed by atoms with van der Waals surface area (Å²) in [7, 11) is 1.64. The smallest absolute Gasteiger partial charge is 0.150 e. The minimum atomic E-state index is -0.666. The molecular formula is C13H12F2N2S2. The fourth-order valence-corrected chi connectivity index (χ4v) is 2.59. The summed E-state index contributed by atoms with van der Waals surface area (Å²) >= 11 is 6.26. The molecule has 2 rings (SSSR count). The van der Waals surface area contributed by atoms with Crippen LogP contribution in [-0.2, 0) is 6.54 Å². The van der Waals surface area contributed by atoms with E-state index in [0.29, 0.717) is 6.54 Å². The maximum Gasteiger partial charge on any atom is 0.150 e. The summed E-state index contributed by atoms with van der Waals surface area (Å²) in [5, 5.41) is 3.86. The van der Waals surface area contributed by atoms with E-state index in [4.69, 9.17) is 18.0 Å². The van der Waals surface area contributed by atoms with Gasteiger partial charge in [-0.15, -0.1) is 0 Å². The summed E-state index contributed by atoms with van der Waals surface area (Å²) in [6, 6.07) is 4.23. The number of hydrogen-bond donors (Lipinski definition) is 1. The number of nitrogens with two attached hydrogens (primary N) is 1. The van der Waals surface area contributed by atoms with E-state index >= 15 is 0 Å². The summed E-state index contributed by atoms with van der Waals surface area (Å²) in [5.74, 6) is -1.33. The molecule has 0 fully saturated rings. The third-order valence-electron chi connectivity index (χ3n) is 2.68. The van der Waals surface area contributed by atoms with Gasteiger partial charge in [0.25, 0.3) is 0 Å². The normalized spacial score (nSPS) is 10.5. The Morgan fingerprint density at radius 2 is 2.00 bits per heavy atom. The molecule has 0 aliphatic rings. The van der Waals surface area contributed by atoms with Gasteiger partial charge >= 0.3 is 0 Å². The highest BCUT2D eigenvalue weighted by molar-refractivity contribution is 7.80. The van der Waals surface area contributed by atoms with Gasteiger partial charge in [0.15, 0.2) is 0 Å². The fraction of sp³-hybridized carbons (Fsp3) is 0.154. The topological polar surface area (TPSA) is 29.3 Å². The standard InChI is InChI=1S/C13H12F2N2S2/c1-17(6-8-2-3-19-7-8)12-10(14)4-9(13(16)18)5-11(12)15/h2-5,7H,6H2,1H3,(H2,16,18).